The van der Waals surface area contributed by atoms with Crippen molar-refractivity contribution in [3.63, 3.8) is 0 Å². The van der Waals surface area contributed by atoms with Gasteiger partial charge in [0.1, 0.15) is 5.82 Å². The van der Waals surface area contributed by atoms with Crippen LogP contribution in [0.3, 0.4) is 0 Å². The Balaban J connectivity index is 2.04. The van der Waals surface area contributed by atoms with Crippen molar-refractivity contribution in [3.8, 4) is 0 Å². The topological polar surface area (TPSA) is 80.9 Å². The first-order valence-corrected chi connectivity index (χ1v) is 6.47. The largest absolute Gasteiger partial charge is 0.345 e. The molecular weight excluding hydrogens is 252 g/mol. The third-order valence-corrected chi connectivity index (χ3v) is 2.86. The quantitative estimate of drug-likeness (QED) is 0.881. The second-order valence-electron chi connectivity index (χ2n) is 4.65. The van der Waals surface area contributed by atoms with Crippen molar-refractivity contribution in [2.24, 2.45) is 5.73 Å². The van der Waals surface area contributed by atoms with E-state index in [9.17, 15) is 4.79 Å². The van der Waals surface area contributed by atoms with Crippen LogP contribution in [0.5, 0.6) is 0 Å². The highest BCUT2D eigenvalue weighted by molar-refractivity contribution is 5.94. The Hall–Kier alpha value is -2.27. The molecule has 1 aromatic heterocycles. The summed E-state index contributed by atoms with van der Waals surface area (Å²) in [5.41, 5.74) is 8.88. The van der Waals surface area contributed by atoms with Crippen LogP contribution in [-0.4, -0.2) is 15.9 Å². The summed E-state index contributed by atoms with van der Waals surface area (Å²) < 4.78 is 0. The Morgan fingerprint density at radius 3 is 2.55 bits per heavy atom. The molecule has 104 valence electrons. The van der Waals surface area contributed by atoms with Crippen molar-refractivity contribution in [3.05, 3.63) is 58.7 Å². The summed E-state index contributed by atoms with van der Waals surface area (Å²) in [6.07, 6.45) is 0. The molecule has 0 saturated heterocycles. The summed E-state index contributed by atoms with van der Waals surface area (Å²) in [7, 11) is 0. The summed E-state index contributed by atoms with van der Waals surface area (Å²) in [5, 5.41) is 2.82. The third kappa shape index (κ3) is 3.61. The van der Waals surface area contributed by atoms with E-state index in [0.29, 0.717) is 24.5 Å². The lowest BCUT2D eigenvalue weighted by Gasteiger charge is -2.07. The fourth-order valence-corrected chi connectivity index (χ4v) is 1.98. The van der Waals surface area contributed by atoms with Gasteiger partial charge >= 0.3 is 0 Å². The Morgan fingerprint density at radius 1 is 1.20 bits per heavy atom. The van der Waals surface area contributed by atoms with Gasteiger partial charge in [-0.2, -0.15) is 0 Å². The van der Waals surface area contributed by atoms with Crippen LogP contribution in [0.4, 0.5) is 0 Å². The van der Waals surface area contributed by atoms with Crippen molar-refractivity contribution >= 4 is 5.91 Å². The molecule has 0 aliphatic rings. The highest BCUT2D eigenvalue weighted by Crippen LogP contribution is 2.05. The van der Waals surface area contributed by atoms with Crippen LogP contribution in [0.2, 0.25) is 0 Å². The molecule has 0 saturated carbocycles. The SMILES string of the molecule is Cc1cc(C)nc(CNC(=O)c2cccc(CN)c2)n1. The van der Waals surface area contributed by atoms with Gasteiger partial charge in [-0.05, 0) is 37.6 Å². The van der Waals surface area contributed by atoms with E-state index in [1.54, 1.807) is 12.1 Å². The highest BCUT2D eigenvalue weighted by Gasteiger charge is 2.07. The van der Waals surface area contributed by atoms with Crippen molar-refractivity contribution in [1.29, 1.82) is 0 Å². The highest BCUT2D eigenvalue weighted by atomic mass is 16.1. The summed E-state index contributed by atoms with van der Waals surface area (Å²) >= 11 is 0. The van der Waals surface area contributed by atoms with Crippen LogP contribution in [0.1, 0.15) is 33.1 Å². The second-order valence-corrected chi connectivity index (χ2v) is 4.65. The predicted molar refractivity (Wildman–Crippen MR) is 77.0 cm³/mol. The van der Waals surface area contributed by atoms with Gasteiger partial charge in [-0.3, -0.25) is 4.79 Å². The fraction of sp³-hybridized carbons (Fsp3) is 0.267. The molecule has 2 aromatic rings. The molecule has 20 heavy (non-hydrogen) atoms. The molecule has 1 heterocycles. The third-order valence-electron chi connectivity index (χ3n) is 2.86. The zero-order valence-electron chi connectivity index (χ0n) is 11.7. The van der Waals surface area contributed by atoms with Gasteiger partial charge in [0, 0.05) is 23.5 Å². The summed E-state index contributed by atoms with van der Waals surface area (Å²) in [4.78, 5) is 20.6. The van der Waals surface area contributed by atoms with Crippen LogP contribution in [-0.2, 0) is 13.1 Å². The van der Waals surface area contributed by atoms with Gasteiger partial charge < -0.3 is 11.1 Å². The van der Waals surface area contributed by atoms with Gasteiger partial charge in [0.15, 0.2) is 0 Å². The Bertz CT molecular complexity index is 605. The zero-order chi connectivity index (χ0) is 14.5. The first-order chi connectivity index (χ1) is 9.58. The number of nitrogens with one attached hydrogen (secondary N) is 1. The van der Waals surface area contributed by atoms with E-state index >= 15 is 0 Å². The predicted octanol–water partition coefficient (Wildman–Crippen LogP) is 1.48. The smallest absolute Gasteiger partial charge is 0.251 e. The number of amides is 1. The average molecular weight is 270 g/mol. The molecule has 0 unspecified atom stereocenters. The van der Waals surface area contributed by atoms with Gasteiger partial charge in [0.05, 0.1) is 6.54 Å². The molecule has 0 atom stereocenters. The van der Waals surface area contributed by atoms with Crippen LogP contribution >= 0.6 is 0 Å². The molecule has 5 heteroatoms. The minimum absolute atomic E-state index is 0.150. The molecule has 0 spiro atoms. The first kappa shape index (κ1) is 14.1. The van der Waals surface area contributed by atoms with Crippen LogP contribution < -0.4 is 11.1 Å². The minimum atomic E-state index is -0.150. The van der Waals surface area contributed by atoms with Gasteiger partial charge in [0.2, 0.25) is 0 Å². The lowest BCUT2D eigenvalue weighted by Crippen LogP contribution is -2.24. The number of aromatic nitrogens is 2. The van der Waals surface area contributed by atoms with Crippen molar-refractivity contribution < 1.29 is 4.79 Å². The van der Waals surface area contributed by atoms with Crippen LogP contribution in [0.15, 0.2) is 30.3 Å². The molecular formula is C15H18N4O. The number of aryl methyl sites for hydroxylation is 2. The molecule has 0 bridgehead atoms. The van der Waals surface area contributed by atoms with Crippen molar-refractivity contribution in [1.82, 2.24) is 15.3 Å². The number of benzene rings is 1. The fourth-order valence-electron chi connectivity index (χ4n) is 1.98. The number of carbonyl (C=O) groups is 1. The van der Waals surface area contributed by atoms with E-state index in [1.807, 2.05) is 32.0 Å². The van der Waals surface area contributed by atoms with E-state index < -0.39 is 0 Å². The average Bonchev–Trinajstić information content (AvgIpc) is 2.44. The van der Waals surface area contributed by atoms with Crippen molar-refractivity contribution in [2.45, 2.75) is 26.9 Å². The van der Waals surface area contributed by atoms with E-state index in [1.165, 1.54) is 0 Å². The maximum atomic E-state index is 12.0. The number of nitrogens with two attached hydrogens (primary N) is 1. The molecule has 0 aliphatic heterocycles. The first-order valence-electron chi connectivity index (χ1n) is 6.47. The van der Waals surface area contributed by atoms with E-state index in [0.717, 1.165) is 17.0 Å². The molecule has 1 amide bonds. The molecule has 5 nitrogen and oxygen atoms in total. The standard InChI is InChI=1S/C15H18N4O/c1-10-6-11(2)19-14(18-10)9-17-15(20)13-5-3-4-12(7-13)8-16/h3-7H,8-9,16H2,1-2H3,(H,17,20). The summed E-state index contributed by atoms with van der Waals surface area (Å²) in [6.45, 7) is 4.55. The number of hydrogen-bond donors (Lipinski definition) is 2. The zero-order valence-corrected chi connectivity index (χ0v) is 11.7. The van der Waals surface area contributed by atoms with Gasteiger partial charge in [-0.1, -0.05) is 12.1 Å². The minimum Gasteiger partial charge on any atom is -0.345 e. The number of hydrogen-bond acceptors (Lipinski definition) is 4. The Labute approximate surface area is 118 Å². The molecule has 0 fully saturated rings. The van der Waals surface area contributed by atoms with Crippen LogP contribution in [0, 0.1) is 13.8 Å². The lowest BCUT2D eigenvalue weighted by atomic mass is 10.1. The molecule has 0 radical (unpaired) electrons. The number of carbonyl (C=O) groups excluding carboxylic acids is 1. The Morgan fingerprint density at radius 2 is 1.90 bits per heavy atom. The maximum absolute atomic E-state index is 12.0. The molecule has 2 rings (SSSR count). The number of rotatable bonds is 4. The lowest BCUT2D eigenvalue weighted by molar-refractivity contribution is 0.0949. The van der Waals surface area contributed by atoms with Crippen LogP contribution in [0.25, 0.3) is 0 Å². The van der Waals surface area contributed by atoms with Gasteiger partial charge in [0.25, 0.3) is 5.91 Å². The van der Waals surface area contributed by atoms with E-state index in [-0.39, 0.29) is 5.91 Å². The van der Waals surface area contributed by atoms with Crippen molar-refractivity contribution in [2.75, 3.05) is 0 Å². The monoisotopic (exact) mass is 270 g/mol. The van der Waals surface area contributed by atoms with Gasteiger partial charge in [-0.25, -0.2) is 9.97 Å². The summed E-state index contributed by atoms with van der Waals surface area (Å²) in [6, 6.07) is 9.17. The second kappa shape index (κ2) is 6.25. The van der Waals surface area contributed by atoms with E-state index in [4.69, 9.17) is 5.73 Å². The molecule has 3 N–H and O–H groups in total. The van der Waals surface area contributed by atoms with Gasteiger partial charge in [-0.15, -0.1) is 0 Å². The normalized spacial score (nSPS) is 10.3. The summed E-state index contributed by atoms with van der Waals surface area (Å²) in [5.74, 6) is 0.467. The molecule has 1 aromatic carbocycles. The van der Waals surface area contributed by atoms with E-state index in [2.05, 4.69) is 15.3 Å². The molecule has 0 aliphatic carbocycles. The Kier molecular flexibility index (Phi) is 4.42. The number of nitrogens with zero attached hydrogens (tertiary/aromatic N) is 2. The maximum Gasteiger partial charge on any atom is 0.251 e.